The molecular weight excluding hydrogens is 363 g/mol. The third-order valence-corrected chi connectivity index (χ3v) is 9.38. The predicted octanol–water partition coefficient (Wildman–Crippen LogP) is 5.30. The summed E-state index contributed by atoms with van der Waals surface area (Å²) in [4.78, 5) is 0. The highest BCUT2D eigenvalue weighted by molar-refractivity contribution is 9.10. The number of rotatable bonds is 4. The van der Waals surface area contributed by atoms with Gasteiger partial charge in [-0.2, -0.15) is 5.10 Å². The molecule has 6 heteroatoms. The zero-order chi connectivity index (χ0) is 16.5. The summed E-state index contributed by atoms with van der Waals surface area (Å²) >= 11 is 3.39. The van der Waals surface area contributed by atoms with Gasteiger partial charge in [0.2, 0.25) is 0 Å². The third-order valence-electron chi connectivity index (χ3n) is 4.26. The second-order valence-electron chi connectivity index (χ2n) is 6.85. The summed E-state index contributed by atoms with van der Waals surface area (Å²) in [6.45, 7) is 11.4. The normalized spacial score (nSPS) is 12.7. The zero-order valence-electron chi connectivity index (χ0n) is 13.7. The molecule has 2 aromatic rings. The molecule has 0 N–H and O–H groups in total. The number of hydrogen-bond donors (Lipinski definition) is 0. The predicted molar refractivity (Wildman–Crippen MR) is 93.2 cm³/mol. The molecule has 0 amide bonds. The minimum Gasteiger partial charge on any atom is -0.411 e. The molecule has 0 unspecified atom stereocenters. The van der Waals surface area contributed by atoms with Crippen LogP contribution in [0.1, 0.15) is 26.5 Å². The van der Waals surface area contributed by atoms with Gasteiger partial charge in [-0.05, 0) is 52.3 Å². The summed E-state index contributed by atoms with van der Waals surface area (Å²) in [6.07, 6.45) is 1.67. The van der Waals surface area contributed by atoms with E-state index >= 15 is 0 Å². The van der Waals surface area contributed by atoms with E-state index in [2.05, 4.69) is 54.9 Å². The van der Waals surface area contributed by atoms with Crippen molar-refractivity contribution in [2.24, 2.45) is 0 Å². The van der Waals surface area contributed by atoms with E-state index in [9.17, 15) is 4.39 Å². The molecule has 0 saturated carbocycles. The van der Waals surface area contributed by atoms with Gasteiger partial charge in [-0.1, -0.05) is 26.8 Å². The Labute approximate surface area is 140 Å². The van der Waals surface area contributed by atoms with Gasteiger partial charge in [0.15, 0.2) is 8.32 Å². The molecule has 1 aromatic carbocycles. The van der Waals surface area contributed by atoms with Gasteiger partial charge < -0.3 is 4.43 Å². The van der Waals surface area contributed by atoms with Gasteiger partial charge >= 0.3 is 0 Å². The number of benzene rings is 1. The maximum absolute atomic E-state index is 14.1. The van der Waals surface area contributed by atoms with E-state index in [4.69, 9.17) is 4.43 Å². The van der Waals surface area contributed by atoms with Crippen LogP contribution in [0, 0.1) is 5.82 Å². The van der Waals surface area contributed by atoms with E-state index in [0.717, 1.165) is 5.69 Å². The lowest BCUT2D eigenvalue weighted by Crippen LogP contribution is -2.40. The highest BCUT2D eigenvalue weighted by Crippen LogP contribution is 2.37. The molecule has 1 heterocycles. The lowest BCUT2D eigenvalue weighted by Gasteiger charge is -2.36. The smallest absolute Gasteiger partial charge is 0.192 e. The quantitative estimate of drug-likeness (QED) is 0.668. The maximum Gasteiger partial charge on any atom is 0.192 e. The molecule has 0 bridgehead atoms. The highest BCUT2D eigenvalue weighted by atomic mass is 79.9. The van der Waals surface area contributed by atoms with Gasteiger partial charge in [-0.25, -0.2) is 9.07 Å². The second-order valence-corrected chi connectivity index (χ2v) is 12.5. The fraction of sp³-hybridized carbons (Fsp3) is 0.438. The average molecular weight is 385 g/mol. The molecule has 0 aliphatic carbocycles. The lowest BCUT2D eigenvalue weighted by molar-refractivity contribution is 0.268. The fourth-order valence-corrected chi connectivity index (χ4v) is 3.26. The Morgan fingerprint density at radius 1 is 1.27 bits per heavy atom. The van der Waals surface area contributed by atoms with E-state index in [1.807, 2.05) is 6.07 Å². The van der Waals surface area contributed by atoms with Gasteiger partial charge in [0.05, 0.1) is 12.3 Å². The van der Waals surface area contributed by atoms with Crippen molar-refractivity contribution in [2.45, 2.75) is 45.5 Å². The number of halogens is 2. The first-order chi connectivity index (χ1) is 10.1. The zero-order valence-corrected chi connectivity index (χ0v) is 16.2. The Balaban J connectivity index is 2.28. The van der Waals surface area contributed by atoms with Crippen molar-refractivity contribution in [3.05, 3.63) is 46.4 Å². The van der Waals surface area contributed by atoms with Crippen LogP contribution in [-0.2, 0) is 11.0 Å². The highest BCUT2D eigenvalue weighted by Gasteiger charge is 2.37. The summed E-state index contributed by atoms with van der Waals surface area (Å²) < 4.78 is 22.6. The van der Waals surface area contributed by atoms with Crippen molar-refractivity contribution in [2.75, 3.05) is 0 Å². The Morgan fingerprint density at radius 3 is 2.55 bits per heavy atom. The van der Waals surface area contributed by atoms with Crippen molar-refractivity contribution < 1.29 is 8.82 Å². The van der Waals surface area contributed by atoms with Crippen LogP contribution in [0.2, 0.25) is 18.1 Å². The van der Waals surface area contributed by atoms with Crippen LogP contribution in [-0.4, -0.2) is 18.1 Å². The first-order valence-electron chi connectivity index (χ1n) is 7.25. The number of aromatic nitrogens is 2. The van der Waals surface area contributed by atoms with E-state index in [1.54, 1.807) is 23.0 Å². The summed E-state index contributed by atoms with van der Waals surface area (Å²) in [6, 6.07) is 6.77. The summed E-state index contributed by atoms with van der Waals surface area (Å²) in [5.41, 5.74) is 1.26. The van der Waals surface area contributed by atoms with Gasteiger partial charge in [-0.3, -0.25) is 0 Å². The van der Waals surface area contributed by atoms with Crippen LogP contribution < -0.4 is 0 Å². The molecule has 22 heavy (non-hydrogen) atoms. The van der Waals surface area contributed by atoms with Crippen LogP contribution >= 0.6 is 15.9 Å². The largest absolute Gasteiger partial charge is 0.411 e. The molecule has 0 aliphatic rings. The van der Waals surface area contributed by atoms with Gasteiger partial charge in [0.1, 0.15) is 11.5 Å². The maximum atomic E-state index is 14.1. The Hall–Kier alpha value is -0.983. The monoisotopic (exact) mass is 384 g/mol. The molecule has 1 aromatic heterocycles. The first-order valence-corrected chi connectivity index (χ1v) is 10.9. The Bertz CT molecular complexity index is 644. The fourth-order valence-electron chi connectivity index (χ4n) is 1.80. The molecule has 2 rings (SSSR count). The molecule has 120 valence electrons. The van der Waals surface area contributed by atoms with E-state index in [1.165, 1.54) is 6.07 Å². The van der Waals surface area contributed by atoms with Crippen molar-refractivity contribution in [3.8, 4) is 5.69 Å². The molecule has 0 atom stereocenters. The van der Waals surface area contributed by atoms with E-state index in [-0.39, 0.29) is 10.9 Å². The third kappa shape index (κ3) is 3.50. The summed E-state index contributed by atoms with van der Waals surface area (Å²) in [5, 5.41) is 4.39. The van der Waals surface area contributed by atoms with Gasteiger partial charge in [0, 0.05) is 10.7 Å². The first kappa shape index (κ1) is 17.4. The SMILES string of the molecule is CC(C)(C)[Si](C)(C)OCc1ccnn1-c1c(F)cccc1Br. The van der Waals surface area contributed by atoms with E-state index < -0.39 is 8.32 Å². The topological polar surface area (TPSA) is 27.1 Å². The molecular formula is C16H22BrFN2OSi. The summed E-state index contributed by atoms with van der Waals surface area (Å²) in [5.74, 6) is -0.313. The van der Waals surface area contributed by atoms with Crippen molar-refractivity contribution >= 4 is 24.2 Å². The minimum absolute atomic E-state index is 0.135. The lowest BCUT2D eigenvalue weighted by atomic mass is 10.2. The molecule has 0 fully saturated rings. The van der Waals surface area contributed by atoms with Crippen LogP contribution in [0.15, 0.2) is 34.9 Å². The summed E-state index contributed by atoms with van der Waals surface area (Å²) in [7, 11) is -1.86. The number of nitrogens with zero attached hydrogens (tertiary/aromatic N) is 2. The van der Waals surface area contributed by atoms with Gasteiger partial charge in [0.25, 0.3) is 0 Å². The minimum atomic E-state index is -1.86. The molecule has 0 saturated heterocycles. The number of para-hydroxylation sites is 1. The van der Waals surface area contributed by atoms with Crippen LogP contribution in [0.5, 0.6) is 0 Å². The number of hydrogen-bond acceptors (Lipinski definition) is 2. The Morgan fingerprint density at radius 2 is 1.95 bits per heavy atom. The van der Waals surface area contributed by atoms with Crippen molar-refractivity contribution in [1.29, 1.82) is 0 Å². The standard InChI is InChI=1S/C16H22BrFN2OSi/c1-16(2,3)22(4,5)21-11-12-9-10-19-20(12)15-13(17)7-6-8-14(15)18/h6-10H,11H2,1-5H3. The Kier molecular flexibility index (Phi) is 4.94. The van der Waals surface area contributed by atoms with Crippen LogP contribution in [0.25, 0.3) is 5.69 Å². The second kappa shape index (κ2) is 6.26. The molecule has 3 nitrogen and oxygen atoms in total. The average Bonchev–Trinajstić information content (AvgIpc) is 2.83. The van der Waals surface area contributed by atoms with Crippen molar-refractivity contribution in [1.82, 2.24) is 9.78 Å². The van der Waals surface area contributed by atoms with E-state index in [0.29, 0.717) is 16.8 Å². The van der Waals surface area contributed by atoms with Crippen LogP contribution in [0.3, 0.4) is 0 Å². The van der Waals surface area contributed by atoms with Gasteiger partial charge in [-0.15, -0.1) is 0 Å². The molecule has 0 spiro atoms. The van der Waals surface area contributed by atoms with Crippen LogP contribution in [0.4, 0.5) is 4.39 Å². The molecule has 0 aliphatic heterocycles. The van der Waals surface area contributed by atoms with Crippen molar-refractivity contribution in [3.63, 3.8) is 0 Å². The molecule has 0 radical (unpaired) electrons.